The number of aryl methyl sites for hydroxylation is 1. The maximum absolute atomic E-state index is 12.4. The Morgan fingerprint density at radius 3 is 2.63 bits per heavy atom. The number of rotatable bonds is 4. The van der Waals surface area contributed by atoms with E-state index in [0.717, 1.165) is 12.8 Å². The summed E-state index contributed by atoms with van der Waals surface area (Å²) in [5.41, 5.74) is -0.361. The molecule has 102 valence electrons. The number of sulfonamides is 1. The van der Waals surface area contributed by atoms with Crippen LogP contribution >= 0.6 is 15.9 Å². The number of hydrogen-bond acceptors (Lipinski definition) is 3. The fourth-order valence-corrected chi connectivity index (χ4v) is 4.22. The molecule has 0 amide bonds. The third-order valence-electron chi connectivity index (χ3n) is 3.41. The maximum Gasteiger partial charge on any atom is 0.242 e. The van der Waals surface area contributed by atoms with E-state index in [4.69, 9.17) is 0 Å². The largest absolute Gasteiger partial charge is 0.242 e. The average Bonchev–Trinajstić information content (AvgIpc) is 3.15. The molecule has 1 atom stereocenters. The number of hydrogen-bond donors (Lipinski definition) is 1. The quantitative estimate of drug-likeness (QED) is 0.914. The average molecular weight is 343 g/mol. The lowest BCUT2D eigenvalue weighted by Crippen LogP contribution is -2.46. The molecule has 0 saturated heterocycles. The lowest BCUT2D eigenvalue weighted by atomic mass is 10.0. The molecule has 0 unspecified atom stereocenters. The van der Waals surface area contributed by atoms with Crippen LogP contribution in [0.2, 0.25) is 0 Å². The first-order valence-corrected chi connectivity index (χ1v) is 8.27. The van der Waals surface area contributed by atoms with E-state index in [1.807, 2.05) is 0 Å². The fourth-order valence-electron chi connectivity index (χ4n) is 2.06. The molecule has 1 saturated carbocycles. The summed E-state index contributed by atoms with van der Waals surface area (Å²) >= 11 is 3.27. The second kappa shape index (κ2) is 4.89. The Morgan fingerprint density at radius 1 is 1.47 bits per heavy atom. The van der Waals surface area contributed by atoms with Crippen molar-refractivity contribution in [3.63, 3.8) is 0 Å². The summed E-state index contributed by atoms with van der Waals surface area (Å²) in [5.74, 6) is 0.111. The standard InChI is InChI=1S/C13H15BrN2O2S/c1-9-3-6-11(14)7-12(9)19(17,18)16-13(2,8-15)10-4-5-10/h3,6-7,10,16H,4-5H2,1-2H3/t13-/m0/s1. The van der Waals surface area contributed by atoms with Gasteiger partial charge in [-0.15, -0.1) is 0 Å². The lowest BCUT2D eigenvalue weighted by molar-refractivity contribution is 0.458. The van der Waals surface area contributed by atoms with Gasteiger partial charge in [0.05, 0.1) is 11.0 Å². The van der Waals surface area contributed by atoms with Crippen LogP contribution in [-0.4, -0.2) is 14.0 Å². The zero-order valence-corrected chi connectivity index (χ0v) is 13.2. The van der Waals surface area contributed by atoms with E-state index in [1.54, 1.807) is 32.0 Å². The molecule has 19 heavy (non-hydrogen) atoms. The molecule has 6 heteroatoms. The topological polar surface area (TPSA) is 70.0 Å². The van der Waals surface area contributed by atoms with Crippen molar-refractivity contribution in [2.75, 3.05) is 0 Å². The van der Waals surface area contributed by atoms with Gasteiger partial charge in [-0.1, -0.05) is 22.0 Å². The third kappa shape index (κ3) is 2.99. The molecule has 4 nitrogen and oxygen atoms in total. The van der Waals surface area contributed by atoms with Crippen molar-refractivity contribution >= 4 is 26.0 Å². The first-order valence-electron chi connectivity index (χ1n) is 6.00. The summed E-state index contributed by atoms with van der Waals surface area (Å²) in [4.78, 5) is 0.212. The summed E-state index contributed by atoms with van der Waals surface area (Å²) in [7, 11) is -3.69. The van der Waals surface area contributed by atoms with Crippen molar-refractivity contribution in [1.29, 1.82) is 5.26 Å². The van der Waals surface area contributed by atoms with Gasteiger partial charge in [0.1, 0.15) is 5.54 Å². The molecule has 1 aliphatic rings. The van der Waals surface area contributed by atoms with Gasteiger partial charge in [-0.3, -0.25) is 0 Å². The van der Waals surface area contributed by atoms with Gasteiger partial charge in [0.2, 0.25) is 10.0 Å². The molecule has 1 fully saturated rings. The minimum absolute atomic E-state index is 0.111. The zero-order valence-electron chi connectivity index (χ0n) is 10.8. The van der Waals surface area contributed by atoms with E-state index in [-0.39, 0.29) is 10.8 Å². The Morgan fingerprint density at radius 2 is 2.11 bits per heavy atom. The van der Waals surface area contributed by atoms with Gasteiger partial charge in [0.25, 0.3) is 0 Å². The number of halogens is 1. The number of nitrogens with one attached hydrogen (secondary N) is 1. The van der Waals surface area contributed by atoms with Crippen LogP contribution in [0.1, 0.15) is 25.3 Å². The molecule has 2 rings (SSSR count). The second-order valence-corrected chi connectivity index (χ2v) is 7.67. The van der Waals surface area contributed by atoms with E-state index in [0.29, 0.717) is 10.0 Å². The summed E-state index contributed by atoms with van der Waals surface area (Å²) in [5, 5.41) is 9.24. The van der Waals surface area contributed by atoms with E-state index >= 15 is 0 Å². The molecule has 1 N–H and O–H groups in total. The van der Waals surface area contributed by atoms with Crippen LogP contribution in [0.4, 0.5) is 0 Å². The molecule has 0 heterocycles. The van der Waals surface area contributed by atoms with Crippen LogP contribution in [0, 0.1) is 24.2 Å². The fraction of sp³-hybridized carbons (Fsp3) is 0.462. The molecule has 0 radical (unpaired) electrons. The van der Waals surface area contributed by atoms with Crippen LogP contribution < -0.4 is 4.72 Å². The molecular formula is C13H15BrN2O2S. The van der Waals surface area contributed by atoms with E-state index in [2.05, 4.69) is 26.7 Å². The van der Waals surface area contributed by atoms with Crippen LogP contribution in [0.15, 0.2) is 27.6 Å². The normalized spacial score (nSPS) is 18.6. The Labute approximate surface area is 122 Å². The summed E-state index contributed by atoms with van der Waals surface area (Å²) in [6.45, 7) is 3.39. The predicted octanol–water partition coefficient (Wildman–Crippen LogP) is 2.73. The Kier molecular flexibility index (Phi) is 3.74. The zero-order chi connectivity index (χ0) is 14.3. The summed E-state index contributed by atoms with van der Waals surface area (Å²) in [6.07, 6.45) is 1.79. The van der Waals surface area contributed by atoms with Crippen molar-refractivity contribution in [3.8, 4) is 6.07 Å². The van der Waals surface area contributed by atoms with Crippen LogP contribution in [0.3, 0.4) is 0 Å². The van der Waals surface area contributed by atoms with Gasteiger partial charge in [-0.05, 0) is 50.3 Å². The third-order valence-corrected chi connectivity index (χ3v) is 5.62. The minimum atomic E-state index is -3.69. The molecule has 1 aliphatic carbocycles. The second-order valence-electron chi connectivity index (χ2n) is 5.10. The summed E-state index contributed by atoms with van der Waals surface area (Å²) in [6, 6.07) is 7.18. The number of nitrogens with zero attached hydrogens (tertiary/aromatic N) is 1. The monoisotopic (exact) mass is 342 g/mol. The van der Waals surface area contributed by atoms with Crippen molar-refractivity contribution in [1.82, 2.24) is 4.72 Å². The van der Waals surface area contributed by atoms with Crippen LogP contribution in [-0.2, 0) is 10.0 Å². The lowest BCUT2D eigenvalue weighted by Gasteiger charge is -2.23. The maximum atomic E-state index is 12.4. The molecule has 0 aromatic heterocycles. The van der Waals surface area contributed by atoms with Gasteiger partial charge >= 0.3 is 0 Å². The van der Waals surface area contributed by atoms with Crippen molar-refractivity contribution in [3.05, 3.63) is 28.2 Å². The first-order chi connectivity index (χ1) is 8.78. The molecule has 0 bridgehead atoms. The van der Waals surface area contributed by atoms with Crippen molar-refractivity contribution in [2.45, 2.75) is 37.1 Å². The van der Waals surface area contributed by atoms with Gasteiger partial charge in [-0.25, -0.2) is 8.42 Å². The van der Waals surface area contributed by atoms with Crippen molar-refractivity contribution < 1.29 is 8.42 Å². The van der Waals surface area contributed by atoms with Gasteiger partial charge < -0.3 is 0 Å². The first kappa shape index (κ1) is 14.5. The SMILES string of the molecule is Cc1ccc(Br)cc1S(=O)(=O)N[C@@](C)(C#N)C1CC1. The molecular weight excluding hydrogens is 328 g/mol. The highest BCUT2D eigenvalue weighted by Gasteiger charge is 2.45. The predicted molar refractivity (Wildman–Crippen MR) is 75.9 cm³/mol. The van der Waals surface area contributed by atoms with E-state index < -0.39 is 15.6 Å². The summed E-state index contributed by atoms with van der Waals surface area (Å²) < 4.78 is 28.1. The van der Waals surface area contributed by atoms with Crippen molar-refractivity contribution in [2.24, 2.45) is 5.92 Å². The highest BCUT2D eigenvalue weighted by atomic mass is 79.9. The van der Waals surface area contributed by atoms with Gasteiger partial charge in [0.15, 0.2) is 0 Å². The van der Waals surface area contributed by atoms with E-state index in [9.17, 15) is 13.7 Å². The highest BCUT2D eigenvalue weighted by molar-refractivity contribution is 9.10. The molecule has 1 aromatic rings. The highest BCUT2D eigenvalue weighted by Crippen LogP contribution is 2.40. The number of nitriles is 1. The van der Waals surface area contributed by atoms with Crippen LogP contribution in [0.25, 0.3) is 0 Å². The minimum Gasteiger partial charge on any atom is -0.207 e. The molecule has 0 aliphatic heterocycles. The Balaban J connectivity index is 2.38. The molecule has 0 spiro atoms. The molecule has 1 aromatic carbocycles. The van der Waals surface area contributed by atoms with Gasteiger partial charge in [-0.2, -0.15) is 9.98 Å². The van der Waals surface area contributed by atoms with E-state index in [1.165, 1.54) is 0 Å². The Bertz CT molecular complexity index is 647. The smallest absolute Gasteiger partial charge is 0.207 e. The Hall–Kier alpha value is -0.900. The number of benzene rings is 1. The van der Waals surface area contributed by atoms with Crippen LogP contribution in [0.5, 0.6) is 0 Å². The van der Waals surface area contributed by atoms with Gasteiger partial charge in [0, 0.05) is 4.47 Å².